The maximum Gasteiger partial charge on any atom is 0.0794 e. The van der Waals surface area contributed by atoms with E-state index in [1.807, 2.05) is 0 Å². The minimum atomic E-state index is 0.756. The molecule has 1 atom stereocenters. The van der Waals surface area contributed by atoms with Crippen molar-refractivity contribution < 1.29 is 4.48 Å². The number of quaternary nitrogens is 1. The van der Waals surface area contributed by atoms with Gasteiger partial charge in [-0.15, -0.1) is 0 Å². The summed E-state index contributed by atoms with van der Waals surface area (Å²) in [4.78, 5) is 4.64. The zero-order valence-corrected chi connectivity index (χ0v) is 13.9. The Bertz CT molecular complexity index is 200. The van der Waals surface area contributed by atoms with Crippen molar-refractivity contribution in [2.24, 2.45) is 0 Å². The van der Waals surface area contributed by atoms with Crippen molar-refractivity contribution in [3.05, 3.63) is 0 Å². The molecule has 0 amide bonds. The van der Waals surface area contributed by atoms with Gasteiger partial charge in [-0.05, 0) is 47.5 Å². The van der Waals surface area contributed by atoms with Crippen LogP contribution in [-0.4, -0.2) is 82.2 Å². The smallest absolute Gasteiger partial charge is 0.0794 e. The standard InChI is InChI=1S/C15H36N3/c1-8-15(17(4)5)11-9-13-18(6,7)14-10-12-16(2)3/h15H,8-14H2,1-7H3/q+1. The Hall–Kier alpha value is -0.120. The lowest BCUT2D eigenvalue weighted by Crippen LogP contribution is -2.42. The van der Waals surface area contributed by atoms with Gasteiger partial charge in [-0.25, -0.2) is 0 Å². The quantitative estimate of drug-likeness (QED) is 0.554. The number of nitrogens with zero attached hydrogens (tertiary/aromatic N) is 3. The normalized spacial score (nSPS) is 14.5. The fourth-order valence-electron chi connectivity index (χ4n) is 2.51. The Kier molecular flexibility index (Phi) is 8.83. The van der Waals surface area contributed by atoms with E-state index < -0.39 is 0 Å². The molecule has 0 heterocycles. The molecule has 1 unspecified atom stereocenters. The van der Waals surface area contributed by atoms with E-state index in [2.05, 4.69) is 59.0 Å². The molecule has 0 aromatic rings. The molecule has 0 fully saturated rings. The van der Waals surface area contributed by atoms with Crippen LogP contribution >= 0.6 is 0 Å². The first-order valence-corrected chi connectivity index (χ1v) is 7.41. The Morgan fingerprint density at radius 3 is 1.94 bits per heavy atom. The molecule has 0 aromatic heterocycles. The van der Waals surface area contributed by atoms with Crippen LogP contribution in [0.15, 0.2) is 0 Å². The monoisotopic (exact) mass is 258 g/mol. The molecule has 0 spiro atoms. The van der Waals surface area contributed by atoms with Crippen LogP contribution in [0.25, 0.3) is 0 Å². The molecule has 3 heteroatoms. The average molecular weight is 258 g/mol. The summed E-state index contributed by atoms with van der Waals surface area (Å²) in [6.45, 7) is 6.09. The van der Waals surface area contributed by atoms with Gasteiger partial charge in [-0.3, -0.25) is 0 Å². The van der Waals surface area contributed by atoms with Crippen LogP contribution in [0.3, 0.4) is 0 Å². The molecule has 0 aliphatic heterocycles. The van der Waals surface area contributed by atoms with Crippen LogP contribution < -0.4 is 0 Å². The van der Waals surface area contributed by atoms with E-state index >= 15 is 0 Å². The van der Waals surface area contributed by atoms with Crippen molar-refractivity contribution >= 4 is 0 Å². The van der Waals surface area contributed by atoms with Crippen LogP contribution in [-0.2, 0) is 0 Å². The van der Waals surface area contributed by atoms with Gasteiger partial charge >= 0.3 is 0 Å². The van der Waals surface area contributed by atoms with Gasteiger partial charge in [0.2, 0.25) is 0 Å². The maximum atomic E-state index is 2.37. The Morgan fingerprint density at radius 1 is 0.944 bits per heavy atom. The maximum absolute atomic E-state index is 2.37. The van der Waals surface area contributed by atoms with E-state index in [1.54, 1.807) is 0 Å². The molecule has 0 aromatic carbocycles. The predicted octanol–water partition coefficient (Wildman–Crippen LogP) is 2.13. The summed E-state index contributed by atoms with van der Waals surface area (Å²) in [5.74, 6) is 0. The number of hydrogen-bond acceptors (Lipinski definition) is 2. The summed E-state index contributed by atoms with van der Waals surface area (Å²) < 4.78 is 1.16. The van der Waals surface area contributed by atoms with Gasteiger partial charge < -0.3 is 14.3 Å². The molecule has 18 heavy (non-hydrogen) atoms. The largest absolute Gasteiger partial charge is 0.328 e. The molecule has 0 saturated carbocycles. The van der Waals surface area contributed by atoms with Crippen LogP contribution in [0.2, 0.25) is 0 Å². The van der Waals surface area contributed by atoms with Crippen LogP contribution in [0.5, 0.6) is 0 Å². The minimum Gasteiger partial charge on any atom is -0.328 e. The Morgan fingerprint density at radius 2 is 1.50 bits per heavy atom. The van der Waals surface area contributed by atoms with Gasteiger partial charge in [-0.1, -0.05) is 6.92 Å². The van der Waals surface area contributed by atoms with Crippen molar-refractivity contribution in [1.82, 2.24) is 9.80 Å². The summed E-state index contributed by atoms with van der Waals surface area (Å²) in [7, 11) is 13.4. The van der Waals surface area contributed by atoms with Crippen molar-refractivity contribution in [3.63, 3.8) is 0 Å². The SMILES string of the molecule is CCC(CCC[N+](C)(C)CCCN(C)C)N(C)C. The van der Waals surface area contributed by atoms with Crippen molar-refractivity contribution in [2.45, 2.75) is 38.6 Å². The second kappa shape index (κ2) is 8.89. The number of hydrogen-bond donors (Lipinski definition) is 0. The highest BCUT2D eigenvalue weighted by Crippen LogP contribution is 2.10. The molecule has 0 N–H and O–H groups in total. The third-order valence-electron chi connectivity index (χ3n) is 3.87. The summed E-state index contributed by atoms with van der Waals surface area (Å²) in [6, 6.07) is 0.756. The van der Waals surface area contributed by atoms with E-state index in [0.29, 0.717) is 0 Å². The Labute approximate surface area is 115 Å². The van der Waals surface area contributed by atoms with Gasteiger partial charge in [0.05, 0.1) is 27.2 Å². The molecule has 0 rings (SSSR count). The van der Waals surface area contributed by atoms with E-state index in [0.717, 1.165) is 10.5 Å². The van der Waals surface area contributed by atoms with Gasteiger partial charge in [0.1, 0.15) is 0 Å². The fourth-order valence-corrected chi connectivity index (χ4v) is 2.51. The summed E-state index contributed by atoms with van der Waals surface area (Å²) in [5.41, 5.74) is 0. The van der Waals surface area contributed by atoms with Crippen molar-refractivity contribution in [2.75, 3.05) is 61.9 Å². The van der Waals surface area contributed by atoms with Crippen LogP contribution in [0, 0.1) is 0 Å². The van der Waals surface area contributed by atoms with Crippen LogP contribution in [0.1, 0.15) is 32.6 Å². The first-order chi connectivity index (χ1) is 8.28. The third-order valence-corrected chi connectivity index (χ3v) is 3.87. The predicted molar refractivity (Wildman–Crippen MR) is 82.0 cm³/mol. The first-order valence-electron chi connectivity index (χ1n) is 7.41. The van der Waals surface area contributed by atoms with E-state index in [4.69, 9.17) is 0 Å². The highest BCUT2D eigenvalue weighted by Gasteiger charge is 2.16. The Balaban J connectivity index is 3.81. The second-order valence-corrected chi connectivity index (χ2v) is 6.71. The van der Waals surface area contributed by atoms with E-state index in [9.17, 15) is 0 Å². The summed E-state index contributed by atoms with van der Waals surface area (Å²) in [6.07, 6.45) is 5.23. The average Bonchev–Trinajstić information content (AvgIpc) is 2.22. The lowest BCUT2D eigenvalue weighted by Gasteiger charge is -2.31. The topological polar surface area (TPSA) is 6.48 Å². The molecular formula is C15H36N3+. The molecule has 0 radical (unpaired) electrons. The minimum absolute atomic E-state index is 0.756. The van der Waals surface area contributed by atoms with E-state index in [1.165, 1.54) is 45.3 Å². The highest BCUT2D eigenvalue weighted by atomic mass is 15.3. The first kappa shape index (κ1) is 17.9. The molecule has 0 saturated heterocycles. The van der Waals surface area contributed by atoms with Gasteiger partial charge in [0.25, 0.3) is 0 Å². The van der Waals surface area contributed by atoms with Gasteiger partial charge in [0, 0.05) is 19.0 Å². The lowest BCUT2D eigenvalue weighted by molar-refractivity contribution is -0.890. The van der Waals surface area contributed by atoms with Crippen molar-refractivity contribution in [1.29, 1.82) is 0 Å². The number of rotatable bonds is 10. The molecule has 0 aliphatic carbocycles. The molecule has 3 nitrogen and oxygen atoms in total. The van der Waals surface area contributed by atoms with E-state index in [-0.39, 0.29) is 0 Å². The third kappa shape index (κ3) is 8.90. The summed E-state index contributed by atoms with van der Waals surface area (Å²) in [5, 5.41) is 0. The zero-order chi connectivity index (χ0) is 14.2. The van der Waals surface area contributed by atoms with Crippen LogP contribution in [0.4, 0.5) is 0 Å². The zero-order valence-electron chi connectivity index (χ0n) is 13.9. The second-order valence-electron chi connectivity index (χ2n) is 6.71. The molecular weight excluding hydrogens is 222 g/mol. The lowest BCUT2D eigenvalue weighted by atomic mass is 10.1. The molecule has 0 aliphatic rings. The highest BCUT2D eigenvalue weighted by molar-refractivity contribution is 4.63. The summed E-state index contributed by atoms with van der Waals surface area (Å²) >= 11 is 0. The molecule has 110 valence electrons. The van der Waals surface area contributed by atoms with Gasteiger partial charge in [0.15, 0.2) is 0 Å². The molecule has 0 bridgehead atoms. The van der Waals surface area contributed by atoms with Crippen molar-refractivity contribution in [3.8, 4) is 0 Å². The fraction of sp³-hybridized carbons (Fsp3) is 1.00. The van der Waals surface area contributed by atoms with Gasteiger partial charge in [-0.2, -0.15) is 0 Å².